The molecule has 6 heteroatoms. The number of aryl methyl sites for hydroxylation is 2. The summed E-state index contributed by atoms with van der Waals surface area (Å²) < 4.78 is 0. The molecule has 0 N–H and O–H groups in total. The highest BCUT2D eigenvalue weighted by Crippen LogP contribution is 2.30. The molecule has 3 rings (SSSR count). The molecular weight excluding hydrogens is 369 g/mol. The lowest BCUT2D eigenvalue weighted by Gasteiger charge is -2.33. The molecule has 140 valence electrons. The third kappa shape index (κ3) is 4.36. The van der Waals surface area contributed by atoms with Gasteiger partial charge in [0.2, 0.25) is 0 Å². The zero-order chi connectivity index (χ0) is 18.0. The lowest BCUT2D eigenvalue weighted by atomic mass is 9.84. The molecule has 0 saturated carbocycles. The van der Waals surface area contributed by atoms with Crippen LogP contribution in [0.25, 0.3) is 0 Å². The summed E-state index contributed by atoms with van der Waals surface area (Å²) in [5.41, 5.74) is 5.24. The molecule has 26 heavy (non-hydrogen) atoms. The summed E-state index contributed by atoms with van der Waals surface area (Å²) in [6, 6.07) is 6.03. The van der Waals surface area contributed by atoms with Crippen LogP contribution in [0, 0.1) is 26.7 Å². The Morgan fingerprint density at radius 1 is 1.23 bits per heavy atom. The quantitative estimate of drug-likeness (QED) is 0.708. The van der Waals surface area contributed by atoms with Crippen molar-refractivity contribution < 1.29 is 4.79 Å². The van der Waals surface area contributed by atoms with E-state index in [4.69, 9.17) is 11.6 Å². The first-order chi connectivity index (χ1) is 12.0. The fourth-order valence-corrected chi connectivity index (χ4v) is 4.25. The van der Waals surface area contributed by atoms with Gasteiger partial charge < -0.3 is 4.90 Å². The van der Waals surface area contributed by atoms with Crippen molar-refractivity contribution in [3.8, 4) is 0 Å². The minimum absolute atomic E-state index is 0. The lowest BCUT2D eigenvalue weighted by Crippen LogP contribution is -2.35. The molecule has 0 amide bonds. The van der Waals surface area contributed by atoms with Crippen LogP contribution in [0.5, 0.6) is 0 Å². The SMILES string of the molecule is Cc1cc(C)c(C(=O)Cl)c(C)c1CC1CCN(c2cccnn2)CC1.Cl. The number of benzene rings is 1. The van der Waals surface area contributed by atoms with Crippen molar-refractivity contribution in [2.24, 2.45) is 5.92 Å². The average molecular weight is 394 g/mol. The summed E-state index contributed by atoms with van der Waals surface area (Å²) in [7, 11) is 0. The summed E-state index contributed by atoms with van der Waals surface area (Å²) in [6.07, 6.45) is 4.94. The van der Waals surface area contributed by atoms with E-state index in [9.17, 15) is 4.79 Å². The average Bonchev–Trinajstić information content (AvgIpc) is 2.59. The smallest absolute Gasteiger partial charge is 0.252 e. The number of carbonyl (C=O) groups excluding carboxylic acids is 1. The Labute approximate surface area is 166 Å². The molecule has 1 aromatic carbocycles. The molecule has 2 heterocycles. The summed E-state index contributed by atoms with van der Waals surface area (Å²) in [6.45, 7) is 8.11. The molecule has 0 aliphatic carbocycles. The van der Waals surface area contributed by atoms with Gasteiger partial charge in [-0.1, -0.05) is 6.07 Å². The molecule has 2 aromatic rings. The molecule has 0 bridgehead atoms. The van der Waals surface area contributed by atoms with Crippen LogP contribution in [-0.4, -0.2) is 28.5 Å². The number of hydrogen-bond donors (Lipinski definition) is 0. The molecule has 1 aliphatic heterocycles. The largest absolute Gasteiger partial charge is 0.355 e. The molecule has 0 unspecified atom stereocenters. The first kappa shape index (κ1) is 20.7. The van der Waals surface area contributed by atoms with Crippen LogP contribution < -0.4 is 4.90 Å². The molecule has 1 aromatic heterocycles. The van der Waals surface area contributed by atoms with Crippen molar-refractivity contribution >= 4 is 35.1 Å². The van der Waals surface area contributed by atoms with Gasteiger partial charge in [-0.3, -0.25) is 4.79 Å². The second-order valence-corrected chi connectivity index (χ2v) is 7.32. The van der Waals surface area contributed by atoms with Gasteiger partial charge in [-0.2, -0.15) is 5.10 Å². The van der Waals surface area contributed by atoms with Crippen LogP contribution >= 0.6 is 24.0 Å². The van der Waals surface area contributed by atoms with Gasteiger partial charge >= 0.3 is 0 Å². The Morgan fingerprint density at radius 2 is 1.92 bits per heavy atom. The van der Waals surface area contributed by atoms with Crippen molar-refractivity contribution in [3.05, 3.63) is 52.2 Å². The predicted molar refractivity (Wildman–Crippen MR) is 109 cm³/mol. The van der Waals surface area contributed by atoms with E-state index < -0.39 is 0 Å². The standard InChI is InChI=1S/C20H24ClN3O.ClH/c1-13-11-14(2)19(20(21)25)15(3)17(13)12-16-6-9-24(10-7-16)18-5-4-8-22-23-18;/h4-5,8,11,16H,6-7,9-10,12H2,1-3H3;1H. The molecule has 4 nitrogen and oxygen atoms in total. The lowest BCUT2D eigenvalue weighted by molar-refractivity contribution is 0.108. The number of nitrogens with zero attached hydrogens (tertiary/aromatic N) is 3. The Kier molecular flexibility index (Phi) is 7.01. The van der Waals surface area contributed by atoms with Crippen molar-refractivity contribution in [3.63, 3.8) is 0 Å². The highest BCUT2D eigenvalue weighted by molar-refractivity contribution is 6.68. The van der Waals surface area contributed by atoms with E-state index in [1.165, 1.54) is 11.1 Å². The first-order valence-electron chi connectivity index (χ1n) is 8.79. The first-order valence-corrected chi connectivity index (χ1v) is 9.17. The fourth-order valence-electron chi connectivity index (χ4n) is 3.96. The van der Waals surface area contributed by atoms with Crippen LogP contribution in [0.15, 0.2) is 24.4 Å². The van der Waals surface area contributed by atoms with E-state index in [1.54, 1.807) is 6.20 Å². The minimum Gasteiger partial charge on any atom is -0.355 e. The number of aromatic nitrogens is 2. The van der Waals surface area contributed by atoms with Crippen LogP contribution in [0.3, 0.4) is 0 Å². The summed E-state index contributed by atoms with van der Waals surface area (Å²) >= 11 is 5.81. The van der Waals surface area contributed by atoms with Gasteiger partial charge in [0, 0.05) is 24.8 Å². The van der Waals surface area contributed by atoms with Crippen LogP contribution in [-0.2, 0) is 6.42 Å². The molecule has 0 atom stereocenters. The van der Waals surface area contributed by atoms with E-state index in [2.05, 4.69) is 28.1 Å². The zero-order valence-electron chi connectivity index (χ0n) is 15.5. The van der Waals surface area contributed by atoms with E-state index >= 15 is 0 Å². The van der Waals surface area contributed by atoms with Gasteiger partial charge in [-0.15, -0.1) is 17.5 Å². The topological polar surface area (TPSA) is 46.1 Å². The predicted octanol–water partition coefficient (Wildman–Crippen LogP) is 4.66. The van der Waals surface area contributed by atoms with Crippen molar-refractivity contribution in [2.75, 3.05) is 18.0 Å². The summed E-state index contributed by atoms with van der Waals surface area (Å²) in [5, 5.41) is 7.82. The van der Waals surface area contributed by atoms with E-state index in [-0.39, 0.29) is 17.6 Å². The number of halogens is 2. The molecule has 1 saturated heterocycles. The highest BCUT2D eigenvalue weighted by Gasteiger charge is 2.23. The third-order valence-corrected chi connectivity index (χ3v) is 5.51. The second kappa shape index (κ2) is 8.83. The Balaban J connectivity index is 0.00000243. The van der Waals surface area contributed by atoms with Crippen LogP contribution in [0.1, 0.15) is 45.5 Å². The fraction of sp³-hybridized carbons (Fsp3) is 0.450. The van der Waals surface area contributed by atoms with Gasteiger partial charge in [0.25, 0.3) is 5.24 Å². The summed E-state index contributed by atoms with van der Waals surface area (Å²) in [4.78, 5) is 14.1. The van der Waals surface area contributed by atoms with Crippen molar-refractivity contribution in [1.82, 2.24) is 10.2 Å². The number of piperidine rings is 1. The van der Waals surface area contributed by atoms with Gasteiger partial charge in [-0.05, 0) is 91.9 Å². The Morgan fingerprint density at radius 3 is 2.50 bits per heavy atom. The van der Waals surface area contributed by atoms with Gasteiger partial charge in [-0.25, -0.2) is 0 Å². The molecule has 1 fully saturated rings. The molecule has 0 radical (unpaired) electrons. The maximum atomic E-state index is 11.8. The Hall–Kier alpha value is -1.65. The number of carbonyl (C=O) groups is 1. The summed E-state index contributed by atoms with van der Waals surface area (Å²) in [5.74, 6) is 1.57. The van der Waals surface area contributed by atoms with Crippen LogP contribution in [0.4, 0.5) is 5.82 Å². The maximum absolute atomic E-state index is 11.8. The van der Waals surface area contributed by atoms with Gasteiger partial charge in [0.15, 0.2) is 5.82 Å². The highest BCUT2D eigenvalue weighted by atomic mass is 35.5. The van der Waals surface area contributed by atoms with Crippen LogP contribution in [0.2, 0.25) is 0 Å². The molecule has 1 aliphatic rings. The van der Waals surface area contributed by atoms with E-state index in [0.29, 0.717) is 11.5 Å². The minimum atomic E-state index is -0.353. The third-order valence-electron chi connectivity index (χ3n) is 5.32. The molecule has 0 spiro atoms. The van der Waals surface area contributed by atoms with E-state index in [1.807, 2.05) is 26.0 Å². The maximum Gasteiger partial charge on any atom is 0.252 e. The van der Waals surface area contributed by atoms with E-state index in [0.717, 1.165) is 49.3 Å². The Bertz CT molecular complexity index is 772. The second-order valence-electron chi connectivity index (χ2n) is 6.98. The monoisotopic (exact) mass is 393 g/mol. The normalized spacial score (nSPS) is 14.8. The van der Waals surface area contributed by atoms with Crippen molar-refractivity contribution in [2.45, 2.75) is 40.0 Å². The molecular formula is C20H25Cl2N3O. The zero-order valence-corrected chi connectivity index (χ0v) is 17.0. The van der Waals surface area contributed by atoms with Crippen molar-refractivity contribution in [1.29, 1.82) is 0 Å². The van der Waals surface area contributed by atoms with Gasteiger partial charge in [0.1, 0.15) is 0 Å². The number of anilines is 1. The number of hydrogen-bond acceptors (Lipinski definition) is 4. The number of rotatable bonds is 4. The van der Waals surface area contributed by atoms with Gasteiger partial charge in [0.05, 0.1) is 0 Å².